The number of halogens is 2. The molecule has 0 amide bonds. The van der Waals surface area contributed by atoms with Crippen molar-refractivity contribution >= 4 is 21.7 Å². The Morgan fingerprint density at radius 2 is 2.00 bits per heavy atom. The molecular weight excluding hydrogens is 321 g/mol. The molecule has 0 radical (unpaired) electrons. The molecule has 0 saturated carbocycles. The van der Waals surface area contributed by atoms with E-state index in [-0.39, 0.29) is 5.82 Å². The predicted molar refractivity (Wildman–Crippen MR) is 83.3 cm³/mol. The molecule has 0 fully saturated rings. The summed E-state index contributed by atoms with van der Waals surface area (Å²) in [7, 11) is 0. The summed E-state index contributed by atoms with van der Waals surface area (Å²) in [5, 5.41) is 3.19. The van der Waals surface area contributed by atoms with E-state index in [1.54, 1.807) is 6.07 Å². The van der Waals surface area contributed by atoms with Crippen LogP contribution in [0.25, 0.3) is 11.4 Å². The topological polar surface area (TPSA) is 37.8 Å². The molecule has 0 saturated heterocycles. The monoisotopic (exact) mass is 337 g/mol. The van der Waals surface area contributed by atoms with E-state index in [2.05, 4.69) is 38.1 Å². The highest BCUT2D eigenvalue weighted by atomic mass is 79.9. The largest absolute Gasteiger partial charge is 0.370 e. The van der Waals surface area contributed by atoms with Crippen LogP contribution in [0, 0.1) is 5.82 Å². The summed E-state index contributed by atoms with van der Waals surface area (Å²) in [6.45, 7) is 4.90. The van der Waals surface area contributed by atoms with Crippen LogP contribution in [-0.2, 0) is 6.42 Å². The number of anilines is 1. The SMILES string of the molecule is CCCc1cc(NCC)nc(-c2cc(F)ccc2Br)n1. The van der Waals surface area contributed by atoms with Gasteiger partial charge in [0.15, 0.2) is 5.82 Å². The quantitative estimate of drug-likeness (QED) is 0.876. The van der Waals surface area contributed by atoms with Gasteiger partial charge < -0.3 is 5.32 Å². The van der Waals surface area contributed by atoms with Crippen LogP contribution < -0.4 is 5.32 Å². The van der Waals surface area contributed by atoms with Crippen molar-refractivity contribution in [1.29, 1.82) is 0 Å². The van der Waals surface area contributed by atoms with Crippen molar-refractivity contribution in [3.05, 3.63) is 40.2 Å². The van der Waals surface area contributed by atoms with Crippen molar-refractivity contribution in [2.75, 3.05) is 11.9 Å². The highest BCUT2D eigenvalue weighted by molar-refractivity contribution is 9.10. The van der Waals surface area contributed by atoms with Crippen molar-refractivity contribution in [1.82, 2.24) is 9.97 Å². The van der Waals surface area contributed by atoms with E-state index in [0.29, 0.717) is 11.4 Å². The lowest BCUT2D eigenvalue weighted by atomic mass is 10.2. The van der Waals surface area contributed by atoms with Crippen LogP contribution in [0.5, 0.6) is 0 Å². The molecule has 0 unspecified atom stereocenters. The standard InChI is InChI=1S/C15H17BrFN3/c1-3-5-11-9-14(18-4-2)20-15(19-11)12-8-10(17)6-7-13(12)16/h6-9H,3-5H2,1-2H3,(H,18,19,20). The molecule has 106 valence electrons. The Bertz CT molecular complexity index is 577. The van der Waals surface area contributed by atoms with Crippen LogP contribution >= 0.6 is 15.9 Å². The first-order chi connectivity index (χ1) is 9.63. The van der Waals surface area contributed by atoms with Crippen LogP contribution in [0.1, 0.15) is 26.0 Å². The Labute approximate surface area is 126 Å². The molecule has 5 heteroatoms. The Morgan fingerprint density at radius 1 is 1.20 bits per heavy atom. The van der Waals surface area contributed by atoms with Gasteiger partial charge >= 0.3 is 0 Å². The number of rotatable bonds is 5. The van der Waals surface area contributed by atoms with Gasteiger partial charge in [-0.15, -0.1) is 0 Å². The molecule has 2 aromatic rings. The van der Waals surface area contributed by atoms with Crippen LogP contribution in [-0.4, -0.2) is 16.5 Å². The molecule has 0 bridgehead atoms. The zero-order valence-corrected chi connectivity index (χ0v) is 13.2. The molecule has 2 rings (SSSR count). The summed E-state index contributed by atoms with van der Waals surface area (Å²) in [5.41, 5.74) is 1.63. The van der Waals surface area contributed by atoms with Gasteiger partial charge in [-0.1, -0.05) is 29.3 Å². The number of nitrogens with zero attached hydrogens (tertiary/aromatic N) is 2. The van der Waals surface area contributed by atoms with Crippen LogP contribution in [0.2, 0.25) is 0 Å². The van der Waals surface area contributed by atoms with E-state index in [1.165, 1.54) is 12.1 Å². The second-order valence-electron chi connectivity index (χ2n) is 4.47. The minimum absolute atomic E-state index is 0.294. The number of nitrogens with one attached hydrogen (secondary N) is 1. The highest BCUT2D eigenvalue weighted by Crippen LogP contribution is 2.27. The number of aromatic nitrogens is 2. The van der Waals surface area contributed by atoms with E-state index in [9.17, 15) is 4.39 Å². The van der Waals surface area contributed by atoms with Crippen molar-refractivity contribution in [2.45, 2.75) is 26.7 Å². The lowest BCUT2D eigenvalue weighted by molar-refractivity contribution is 0.628. The maximum atomic E-state index is 13.4. The minimum atomic E-state index is -0.294. The maximum absolute atomic E-state index is 13.4. The predicted octanol–water partition coefficient (Wildman–Crippen LogP) is 4.43. The van der Waals surface area contributed by atoms with Gasteiger partial charge in [0.25, 0.3) is 0 Å². The van der Waals surface area contributed by atoms with Crippen molar-refractivity contribution in [2.24, 2.45) is 0 Å². The van der Waals surface area contributed by atoms with Crippen LogP contribution in [0.3, 0.4) is 0 Å². The van der Waals surface area contributed by atoms with E-state index in [4.69, 9.17) is 0 Å². The number of hydrogen-bond acceptors (Lipinski definition) is 3. The molecule has 0 aliphatic heterocycles. The molecule has 0 aliphatic carbocycles. The first-order valence-electron chi connectivity index (χ1n) is 6.71. The lowest BCUT2D eigenvalue weighted by Crippen LogP contribution is -2.04. The smallest absolute Gasteiger partial charge is 0.163 e. The average molecular weight is 338 g/mol. The summed E-state index contributed by atoms with van der Waals surface area (Å²) < 4.78 is 14.2. The first-order valence-corrected chi connectivity index (χ1v) is 7.50. The second kappa shape index (κ2) is 6.79. The van der Waals surface area contributed by atoms with Crippen LogP contribution in [0.4, 0.5) is 10.2 Å². The molecule has 0 atom stereocenters. The van der Waals surface area contributed by atoms with Gasteiger partial charge in [-0.3, -0.25) is 0 Å². The van der Waals surface area contributed by atoms with Gasteiger partial charge in [0.1, 0.15) is 11.6 Å². The van der Waals surface area contributed by atoms with Crippen molar-refractivity contribution < 1.29 is 4.39 Å². The highest BCUT2D eigenvalue weighted by Gasteiger charge is 2.10. The molecule has 0 spiro atoms. The molecular formula is C15H17BrFN3. The zero-order valence-electron chi connectivity index (χ0n) is 11.6. The van der Waals surface area contributed by atoms with E-state index < -0.39 is 0 Å². The molecule has 0 aliphatic rings. The summed E-state index contributed by atoms with van der Waals surface area (Å²) >= 11 is 3.43. The number of aryl methyl sites for hydroxylation is 1. The van der Waals surface area contributed by atoms with Gasteiger partial charge in [-0.05, 0) is 31.5 Å². The summed E-state index contributed by atoms with van der Waals surface area (Å²) in [6, 6.07) is 6.48. The molecule has 1 heterocycles. The van der Waals surface area contributed by atoms with Crippen molar-refractivity contribution in [3.8, 4) is 11.4 Å². The lowest BCUT2D eigenvalue weighted by Gasteiger charge is -2.10. The summed E-state index contributed by atoms with van der Waals surface area (Å²) in [5.74, 6) is 1.02. The number of benzene rings is 1. The van der Waals surface area contributed by atoms with Gasteiger partial charge in [-0.2, -0.15) is 0 Å². The van der Waals surface area contributed by atoms with Gasteiger partial charge in [0.05, 0.1) is 0 Å². The second-order valence-corrected chi connectivity index (χ2v) is 5.33. The molecule has 1 N–H and O–H groups in total. The summed E-state index contributed by atoms with van der Waals surface area (Å²) in [6.07, 6.45) is 1.88. The molecule has 3 nitrogen and oxygen atoms in total. The Hall–Kier alpha value is -1.49. The third-order valence-electron chi connectivity index (χ3n) is 2.81. The Balaban J connectivity index is 2.51. The van der Waals surface area contributed by atoms with E-state index in [0.717, 1.165) is 35.4 Å². The van der Waals surface area contributed by atoms with Gasteiger partial charge in [0.2, 0.25) is 0 Å². The van der Waals surface area contributed by atoms with E-state index in [1.807, 2.05) is 13.0 Å². The Kier molecular flexibility index (Phi) is 5.06. The molecule has 1 aromatic heterocycles. The fourth-order valence-electron chi connectivity index (χ4n) is 1.94. The summed E-state index contributed by atoms with van der Waals surface area (Å²) in [4.78, 5) is 8.99. The van der Waals surface area contributed by atoms with Gasteiger partial charge in [-0.25, -0.2) is 14.4 Å². The molecule has 1 aromatic carbocycles. The van der Waals surface area contributed by atoms with Crippen LogP contribution in [0.15, 0.2) is 28.7 Å². The first kappa shape index (κ1) is 14.9. The van der Waals surface area contributed by atoms with Gasteiger partial charge in [0, 0.05) is 28.3 Å². The normalized spacial score (nSPS) is 10.6. The molecule has 20 heavy (non-hydrogen) atoms. The third kappa shape index (κ3) is 3.54. The maximum Gasteiger partial charge on any atom is 0.163 e. The zero-order chi connectivity index (χ0) is 14.5. The fourth-order valence-corrected chi connectivity index (χ4v) is 2.37. The minimum Gasteiger partial charge on any atom is -0.370 e. The Morgan fingerprint density at radius 3 is 2.70 bits per heavy atom. The average Bonchev–Trinajstić information content (AvgIpc) is 2.42. The fraction of sp³-hybridized carbons (Fsp3) is 0.333. The van der Waals surface area contributed by atoms with Crippen molar-refractivity contribution in [3.63, 3.8) is 0 Å². The number of hydrogen-bond donors (Lipinski definition) is 1. The third-order valence-corrected chi connectivity index (χ3v) is 3.50. The van der Waals surface area contributed by atoms with E-state index >= 15 is 0 Å².